The maximum Gasteiger partial charge on any atom is 0.291 e. The summed E-state index contributed by atoms with van der Waals surface area (Å²) in [5.41, 5.74) is 0.631. The van der Waals surface area contributed by atoms with Crippen LogP contribution in [0.4, 0.5) is 10.1 Å². The van der Waals surface area contributed by atoms with E-state index in [4.69, 9.17) is 13.9 Å². The van der Waals surface area contributed by atoms with Crippen molar-refractivity contribution in [3.05, 3.63) is 78.0 Å². The molecule has 1 heterocycles. The van der Waals surface area contributed by atoms with Crippen molar-refractivity contribution >= 4 is 11.6 Å². The van der Waals surface area contributed by atoms with E-state index in [1.54, 1.807) is 43.5 Å². The number of carbonyl (C=O) groups excluding carboxylic acids is 1. The summed E-state index contributed by atoms with van der Waals surface area (Å²) in [4.78, 5) is 12.2. The average Bonchev–Trinajstić information content (AvgIpc) is 3.11. The number of halogens is 1. The Hall–Kier alpha value is -3.28. The van der Waals surface area contributed by atoms with Gasteiger partial charge in [-0.1, -0.05) is 0 Å². The number of anilines is 1. The van der Waals surface area contributed by atoms with E-state index in [-0.39, 0.29) is 24.1 Å². The fourth-order valence-corrected chi connectivity index (χ4v) is 2.13. The first kappa shape index (κ1) is 16.6. The number of methoxy groups -OCH3 is 1. The number of rotatable bonds is 6. The molecule has 0 spiro atoms. The van der Waals surface area contributed by atoms with Gasteiger partial charge < -0.3 is 19.2 Å². The molecule has 0 bridgehead atoms. The van der Waals surface area contributed by atoms with Gasteiger partial charge in [-0.15, -0.1) is 0 Å². The Labute approximate surface area is 144 Å². The topological polar surface area (TPSA) is 60.7 Å². The Kier molecular flexibility index (Phi) is 4.99. The van der Waals surface area contributed by atoms with Crippen molar-refractivity contribution in [1.82, 2.24) is 0 Å². The highest BCUT2D eigenvalue weighted by Gasteiger charge is 2.12. The van der Waals surface area contributed by atoms with Gasteiger partial charge in [-0.25, -0.2) is 4.39 Å². The molecule has 0 fully saturated rings. The van der Waals surface area contributed by atoms with Crippen molar-refractivity contribution in [2.75, 3.05) is 12.4 Å². The summed E-state index contributed by atoms with van der Waals surface area (Å²) < 4.78 is 28.9. The number of hydrogen-bond donors (Lipinski definition) is 1. The normalized spacial score (nSPS) is 10.3. The van der Waals surface area contributed by atoms with E-state index in [1.165, 1.54) is 24.3 Å². The molecule has 0 unspecified atom stereocenters. The first-order chi connectivity index (χ1) is 12.1. The molecule has 0 saturated heterocycles. The van der Waals surface area contributed by atoms with Crippen molar-refractivity contribution in [2.24, 2.45) is 0 Å². The number of hydrogen-bond acceptors (Lipinski definition) is 4. The number of nitrogens with one attached hydrogen (secondary N) is 1. The molecular weight excluding hydrogens is 325 g/mol. The van der Waals surface area contributed by atoms with E-state index >= 15 is 0 Å². The molecule has 0 radical (unpaired) electrons. The van der Waals surface area contributed by atoms with Crippen LogP contribution in [0.25, 0.3) is 0 Å². The number of ether oxygens (including phenoxy) is 2. The van der Waals surface area contributed by atoms with Crippen LogP contribution >= 0.6 is 0 Å². The third kappa shape index (κ3) is 4.38. The Balaban J connectivity index is 1.58. The molecule has 128 valence electrons. The highest BCUT2D eigenvalue weighted by molar-refractivity contribution is 6.02. The van der Waals surface area contributed by atoms with Gasteiger partial charge in [0.1, 0.15) is 29.7 Å². The van der Waals surface area contributed by atoms with Crippen molar-refractivity contribution in [2.45, 2.75) is 6.61 Å². The van der Waals surface area contributed by atoms with Gasteiger partial charge in [0.15, 0.2) is 5.76 Å². The Bertz CT molecular complexity index is 841. The maximum absolute atomic E-state index is 12.8. The molecule has 1 N–H and O–H groups in total. The maximum atomic E-state index is 12.8. The molecule has 0 saturated carbocycles. The second-order valence-electron chi connectivity index (χ2n) is 5.19. The third-order valence-electron chi connectivity index (χ3n) is 3.43. The second-order valence-corrected chi connectivity index (χ2v) is 5.19. The van der Waals surface area contributed by atoms with Crippen LogP contribution in [0.2, 0.25) is 0 Å². The first-order valence-electron chi connectivity index (χ1n) is 7.56. The van der Waals surface area contributed by atoms with Crippen molar-refractivity contribution in [3.8, 4) is 11.5 Å². The highest BCUT2D eigenvalue weighted by atomic mass is 19.1. The zero-order valence-corrected chi connectivity index (χ0v) is 13.5. The summed E-state index contributed by atoms with van der Waals surface area (Å²) in [6.07, 6.45) is 0. The summed E-state index contributed by atoms with van der Waals surface area (Å²) in [6, 6.07) is 15.9. The summed E-state index contributed by atoms with van der Waals surface area (Å²) >= 11 is 0. The van der Waals surface area contributed by atoms with Crippen LogP contribution in [0, 0.1) is 5.82 Å². The summed E-state index contributed by atoms with van der Waals surface area (Å²) in [6.45, 7) is 0.140. The molecule has 5 nitrogen and oxygen atoms in total. The molecule has 0 aliphatic carbocycles. The van der Waals surface area contributed by atoms with Gasteiger partial charge >= 0.3 is 0 Å². The molecule has 2 aromatic carbocycles. The second kappa shape index (κ2) is 7.53. The number of furan rings is 1. The van der Waals surface area contributed by atoms with Crippen LogP contribution < -0.4 is 14.8 Å². The fraction of sp³-hybridized carbons (Fsp3) is 0.105. The van der Waals surface area contributed by atoms with Crippen LogP contribution in [0.5, 0.6) is 11.5 Å². The van der Waals surface area contributed by atoms with Crippen molar-refractivity contribution in [1.29, 1.82) is 0 Å². The zero-order valence-electron chi connectivity index (χ0n) is 13.5. The molecule has 0 aliphatic rings. The molecule has 25 heavy (non-hydrogen) atoms. The van der Waals surface area contributed by atoms with E-state index in [9.17, 15) is 9.18 Å². The van der Waals surface area contributed by atoms with Gasteiger partial charge in [-0.2, -0.15) is 0 Å². The zero-order chi connectivity index (χ0) is 17.6. The van der Waals surface area contributed by atoms with E-state index in [2.05, 4.69) is 5.32 Å². The van der Waals surface area contributed by atoms with Crippen molar-refractivity contribution < 1.29 is 23.1 Å². The predicted molar refractivity (Wildman–Crippen MR) is 90.4 cm³/mol. The Morgan fingerprint density at radius 3 is 2.36 bits per heavy atom. The minimum absolute atomic E-state index is 0.140. The molecule has 0 aliphatic heterocycles. The largest absolute Gasteiger partial charge is 0.497 e. The molecule has 6 heteroatoms. The van der Waals surface area contributed by atoms with Gasteiger partial charge in [0, 0.05) is 5.69 Å². The Morgan fingerprint density at radius 2 is 1.68 bits per heavy atom. The van der Waals surface area contributed by atoms with Crippen LogP contribution in [-0.2, 0) is 6.61 Å². The van der Waals surface area contributed by atoms with Crippen LogP contribution in [-0.4, -0.2) is 13.0 Å². The lowest BCUT2D eigenvalue weighted by molar-refractivity contribution is 0.0992. The SMILES string of the molecule is COc1ccc(NC(=O)c2ccc(COc3ccc(F)cc3)o2)cc1. The lowest BCUT2D eigenvalue weighted by Gasteiger charge is -2.05. The van der Waals surface area contributed by atoms with E-state index in [0.29, 0.717) is 22.9 Å². The van der Waals surface area contributed by atoms with Gasteiger partial charge in [0.05, 0.1) is 7.11 Å². The minimum Gasteiger partial charge on any atom is -0.497 e. The van der Waals surface area contributed by atoms with Gasteiger partial charge in [0.2, 0.25) is 0 Å². The van der Waals surface area contributed by atoms with Gasteiger partial charge in [-0.3, -0.25) is 4.79 Å². The molecule has 1 aromatic heterocycles. The van der Waals surface area contributed by atoms with Crippen LogP contribution in [0.3, 0.4) is 0 Å². The standard InChI is InChI=1S/C19H16FNO4/c1-23-15-8-4-14(5-9-15)21-19(22)18-11-10-17(25-18)12-24-16-6-2-13(20)3-7-16/h2-11H,12H2,1H3,(H,21,22). The predicted octanol–water partition coefficient (Wildman–Crippen LogP) is 4.26. The van der Waals surface area contributed by atoms with E-state index in [0.717, 1.165) is 0 Å². The Morgan fingerprint density at radius 1 is 1.00 bits per heavy atom. The number of amides is 1. The van der Waals surface area contributed by atoms with E-state index in [1.807, 2.05) is 0 Å². The molecule has 0 atom stereocenters. The highest BCUT2D eigenvalue weighted by Crippen LogP contribution is 2.18. The lowest BCUT2D eigenvalue weighted by atomic mass is 10.3. The molecule has 1 amide bonds. The van der Waals surface area contributed by atoms with Crippen molar-refractivity contribution in [3.63, 3.8) is 0 Å². The van der Waals surface area contributed by atoms with Crippen LogP contribution in [0.1, 0.15) is 16.3 Å². The van der Waals surface area contributed by atoms with E-state index < -0.39 is 0 Å². The average molecular weight is 341 g/mol. The van der Waals surface area contributed by atoms with Gasteiger partial charge in [0.25, 0.3) is 5.91 Å². The first-order valence-corrected chi connectivity index (χ1v) is 7.56. The minimum atomic E-state index is -0.363. The third-order valence-corrected chi connectivity index (χ3v) is 3.43. The fourth-order valence-electron chi connectivity index (χ4n) is 2.13. The smallest absolute Gasteiger partial charge is 0.291 e. The quantitative estimate of drug-likeness (QED) is 0.728. The van der Waals surface area contributed by atoms with Gasteiger partial charge in [-0.05, 0) is 60.7 Å². The monoisotopic (exact) mass is 341 g/mol. The summed E-state index contributed by atoms with van der Waals surface area (Å²) in [5.74, 6) is 1.19. The summed E-state index contributed by atoms with van der Waals surface area (Å²) in [7, 11) is 1.58. The molecule has 3 aromatic rings. The number of benzene rings is 2. The molecule has 3 rings (SSSR count). The summed E-state index contributed by atoms with van der Waals surface area (Å²) in [5, 5.41) is 2.73. The lowest BCUT2D eigenvalue weighted by Crippen LogP contribution is -2.10. The molecular formula is C19H16FNO4. The van der Waals surface area contributed by atoms with Crippen LogP contribution in [0.15, 0.2) is 65.1 Å². The number of carbonyl (C=O) groups is 1.